The zero-order valence-electron chi connectivity index (χ0n) is 11.1. The highest BCUT2D eigenvalue weighted by molar-refractivity contribution is 7.99. The lowest BCUT2D eigenvalue weighted by Crippen LogP contribution is -2.42. The highest BCUT2D eigenvalue weighted by Crippen LogP contribution is 2.25. The molecule has 1 unspecified atom stereocenters. The van der Waals surface area contributed by atoms with Crippen molar-refractivity contribution >= 4 is 35.2 Å². The van der Waals surface area contributed by atoms with Gasteiger partial charge in [-0.15, -0.1) is 11.8 Å². The van der Waals surface area contributed by atoms with Crippen molar-refractivity contribution in [1.29, 1.82) is 0 Å². The first kappa shape index (κ1) is 17.7. The van der Waals surface area contributed by atoms with Crippen LogP contribution in [0.25, 0.3) is 0 Å². The quantitative estimate of drug-likeness (QED) is 0.749. The van der Waals surface area contributed by atoms with E-state index in [-0.39, 0.29) is 5.56 Å². The number of alkyl halides is 2. The lowest BCUT2D eigenvalue weighted by atomic mass is 10.1. The lowest BCUT2D eigenvalue weighted by Gasteiger charge is -2.15. The summed E-state index contributed by atoms with van der Waals surface area (Å²) in [6.07, 6.45) is -3.77. The molecule has 0 bridgehead atoms. The molecular weight excluding hydrogens is 324 g/mol. The summed E-state index contributed by atoms with van der Waals surface area (Å²) in [4.78, 5) is 23.6. The first-order chi connectivity index (χ1) is 9.85. The number of benzene rings is 1. The molecule has 0 aromatic heterocycles. The van der Waals surface area contributed by atoms with E-state index in [2.05, 4.69) is 5.32 Å². The number of thioether (sulfide) groups is 1. The molecule has 1 aromatic carbocycles. The van der Waals surface area contributed by atoms with Crippen molar-refractivity contribution in [2.45, 2.75) is 30.7 Å². The van der Waals surface area contributed by atoms with Crippen molar-refractivity contribution < 1.29 is 23.5 Å². The van der Waals surface area contributed by atoms with Crippen molar-refractivity contribution in [1.82, 2.24) is 5.32 Å². The number of rotatable bonds is 7. The predicted octanol–water partition coefficient (Wildman–Crippen LogP) is 3.29. The number of halogens is 3. The highest BCUT2D eigenvalue weighted by atomic mass is 35.5. The SMILES string of the molecule is CCSc1ccc(Cl)cc1C(=O)NC(CC(F)F)C(=O)O. The van der Waals surface area contributed by atoms with E-state index in [0.717, 1.165) is 0 Å². The Morgan fingerprint density at radius 1 is 1.43 bits per heavy atom. The summed E-state index contributed by atoms with van der Waals surface area (Å²) in [5.74, 6) is -1.54. The number of hydrogen-bond donors (Lipinski definition) is 2. The molecule has 2 N–H and O–H groups in total. The summed E-state index contributed by atoms with van der Waals surface area (Å²) in [5, 5.41) is 11.3. The van der Waals surface area contributed by atoms with Gasteiger partial charge in [0.15, 0.2) is 0 Å². The molecule has 4 nitrogen and oxygen atoms in total. The number of carbonyl (C=O) groups is 2. The summed E-state index contributed by atoms with van der Waals surface area (Å²) < 4.78 is 24.6. The highest BCUT2D eigenvalue weighted by Gasteiger charge is 2.25. The molecule has 1 amide bonds. The van der Waals surface area contributed by atoms with Gasteiger partial charge in [-0.2, -0.15) is 0 Å². The maximum Gasteiger partial charge on any atom is 0.326 e. The Hall–Kier alpha value is -1.34. The second-order valence-corrected chi connectivity index (χ2v) is 5.81. The van der Waals surface area contributed by atoms with Crippen LogP contribution in [-0.4, -0.2) is 35.2 Å². The van der Waals surface area contributed by atoms with Crippen LogP contribution in [0.4, 0.5) is 8.78 Å². The second kappa shape index (κ2) is 8.19. The molecule has 0 radical (unpaired) electrons. The van der Waals surface area contributed by atoms with Gasteiger partial charge in [-0.25, -0.2) is 13.6 Å². The fourth-order valence-electron chi connectivity index (χ4n) is 1.60. The van der Waals surface area contributed by atoms with E-state index in [9.17, 15) is 18.4 Å². The fraction of sp³-hybridized carbons (Fsp3) is 0.385. The Morgan fingerprint density at radius 2 is 2.10 bits per heavy atom. The van der Waals surface area contributed by atoms with E-state index in [0.29, 0.717) is 15.7 Å². The molecule has 0 heterocycles. The Labute approximate surface area is 129 Å². The first-order valence-electron chi connectivity index (χ1n) is 6.09. The molecule has 116 valence electrons. The molecular formula is C13H14ClF2NO3S. The Morgan fingerprint density at radius 3 is 2.62 bits per heavy atom. The smallest absolute Gasteiger partial charge is 0.326 e. The third-order valence-corrected chi connectivity index (χ3v) is 3.69. The number of aliphatic carboxylic acids is 1. The van der Waals surface area contributed by atoms with Crippen molar-refractivity contribution in [3.05, 3.63) is 28.8 Å². The molecule has 21 heavy (non-hydrogen) atoms. The zero-order chi connectivity index (χ0) is 16.0. The van der Waals surface area contributed by atoms with Crippen molar-refractivity contribution in [2.24, 2.45) is 0 Å². The minimum atomic E-state index is -2.82. The standard InChI is InChI=1S/C13H14ClF2NO3S/c1-2-21-10-4-3-7(14)5-8(10)12(18)17-9(13(19)20)6-11(15)16/h3-5,9,11H,2,6H2,1H3,(H,17,18)(H,19,20). The zero-order valence-corrected chi connectivity index (χ0v) is 12.7. The summed E-state index contributed by atoms with van der Waals surface area (Å²) in [6.45, 7) is 1.89. The largest absolute Gasteiger partial charge is 0.480 e. The Kier molecular flexibility index (Phi) is 6.91. The van der Waals surface area contributed by atoms with Gasteiger partial charge in [0.25, 0.3) is 5.91 Å². The minimum absolute atomic E-state index is 0.176. The molecule has 0 saturated heterocycles. The van der Waals surface area contributed by atoms with Crippen LogP contribution in [-0.2, 0) is 4.79 Å². The average Bonchev–Trinajstić information content (AvgIpc) is 2.39. The average molecular weight is 338 g/mol. The van der Waals surface area contributed by atoms with Gasteiger partial charge in [0, 0.05) is 16.3 Å². The van der Waals surface area contributed by atoms with Crippen molar-refractivity contribution in [3.8, 4) is 0 Å². The Bertz CT molecular complexity index is 528. The number of carbonyl (C=O) groups excluding carboxylic acids is 1. The summed E-state index contributed by atoms with van der Waals surface area (Å²) in [7, 11) is 0. The summed E-state index contributed by atoms with van der Waals surface area (Å²) in [5.41, 5.74) is 0.176. The van der Waals surface area contributed by atoms with E-state index in [1.807, 2.05) is 6.92 Å². The summed E-state index contributed by atoms with van der Waals surface area (Å²) in [6, 6.07) is 2.98. The molecule has 1 aromatic rings. The number of nitrogens with one attached hydrogen (secondary N) is 1. The van der Waals surface area contributed by atoms with E-state index >= 15 is 0 Å². The second-order valence-electron chi connectivity index (χ2n) is 4.06. The molecule has 0 aliphatic heterocycles. The van der Waals surface area contributed by atoms with Crippen LogP contribution in [0, 0.1) is 0 Å². The van der Waals surface area contributed by atoms with Gasteiger partial charge >= 0.3 is 5.97 Å². The molecule has 0 aliphatic rings. The van der Waals surface area contributed by atoms with Crippen LogP contribution in [0.3, 0.4) is 0 Å². The molecule has 0 spiro atoms. The van der Waals surface area contributed by atoms with Gasteiger partial charge in [-0.3, -0.25) is 4.79 Å². The van der Waals surface area contributed by atoms with Gasteiger partial charge < -0.3 is 10.4 Å². The van der Waals surface area contributed by atoms with Crippen molar-refractivity contribution in [3.63, 3.8) is 0 Å². The number of carboxylic acids is 1. The molecule has 0 fully saturated rings. The van der Waals surface area contributed by atoms with Crippen LogP contribution >= 0.6 is 23.4 Å². The lowest BCUT2D eigenvalue weighted by molar-refractivity contribution is -0.140. The first-order valence-corrected chi connectivity index (χ1v) is 7.45. The van der Waals surface area contributed by atoms with Gasteiger partial charge in [0.2, 0.25) is 6.43 Å². The molecule has 1 atom stereocenters. The van der Waals surface area contributed by atoms with E-state index < -0.39 is 30.8 Å². The minimum Gasteiger partial charge on any atom is -0.480 e. The topological polar surface area (TPSA) is 66.4 Å². The van der Waals surface area contributed by atoms with E-state index in [4.69, 9.17) is 16.7 Å². The maximum atomic E-state index is 12.3. The van der Waals surface area contributed by atoms with Gasteiger partial charge in [0.1, 0.15) is 6.04 Å². The van der Waals surface area contributed by atoms with Gasteiger partial charge in [-0.1, -0.05) is 18.5 Å². The predicted molar refractivity (Wildman–Crippen MR) is 77.4 cm³/mol. The Balaban J connectivity index is 2.96. The van der Waals surface area contributed by atoms with E-state index in [1.165, 1.54) is 17.8 Å². The van der Waals surface area contributed by atoms with Crippen LogP contribution in [0.5, 0.6) is 0 Å². The summed E-state index contributed by atoms with van der Waals surface area (Å²) >= 11 is 7.19. The molecule has 8 heteroatoms. The monoisotopic (exact) mass is 337 g/mol. The number of amides is 1. The van der Waals surface area contributed by atoms with Gasteiger partial charge in [0.05, 0.1) is 5.56 Å². The normalized spacial score (nSPS) is 12.2. The third-order valence-electron chi connectivity index (χ3n) is 2.50. The van der Waals surface area contributed by atoms with E-state index in [1.54, 1.807) is 12.1 Å². The number of carboxylic acid groups (broad SMARTS) is 1. The van der Waals surface area contributed by atoms with Gasteiger partial charge in [-0.05, 0) is 24.0 Å². The maximum absolute atomic E-state index is 12.3. The van der Waals surface area contributed by atoms with Crippen LogP contribution in [0.15, 0.2) is 23.1 Å². The third kappa shape index (κ3) is 5.51. The van der Waals surface area contributed by atoms with Crippen LogP contribution in [0.2, 0.25) is 5.02 Å². The molecule has 0 aliphatic carbocycles. The fourth-order valence-corrected chi connectivity index (χ4v) is 2.55. The number of hydrogen-bond acceptors (Lipinski definition) is 3. The van der Waals surface area contributed by atoms with Crippen LogP contribution in [0.1, 0.15) is 23.7 Å². The van der Waals surface area contributed by atoms with Crippen molar-refractivity contribution in [2.75, 3.05) is 5.75 Å². The van der Waals surface area contributed by atoms with Crippen LogP contribution < -0.4 is 5.32 Å². The molecule has 0 saturated carbocycles. The molecule has 1 rings (SSSR count).